The molecule has 2 saturated carbocycles. The first-order chi connectivity index (χ1) is 10.7. The number of nitrogens with one attached hydrogen (secondary N) is 1. The lowest BCUT2D eigenvalue weighted by atomic mass is 9.84. The molecule has 2 fully saturated rings. The molecule has 1 N–H and O–H groups in total. The van der Waals surface area contributed by atoms with E-state index in [-0.39, 0.29) is 11.9 Å². The van der Waals surface area contributed by atoms with Crippen molar-refractivity contribution in [1.82, 2.24) is 5.32 Å². The Morgan fingerprint density at radius 2 is 2.00 bits per heavy atom. The van der Waals surface area contributed by atoms with Crippen molar-refractivity contribution < 1.29 is 14.3 Å². The lowest BCUT2D eigenvalue weighted by molar-refractivity contribution is 0.0914. The Morgan fingerprint density at radius 3 is 2.73 bits per heavy atom. The smallest absolute Gasteiger partial charge is 0.251 e. The number of hydrogen-bond donors (Lipinski definition) is 1. The van der Waals surface area contributed by atoms with E-state index in [2.05, 4.69) is 12.2 Å². The van der Waals surface area contributed by atoms with Crippen LogP contribution in [0.1, 0.15) is 43.0 Å². The van der Waals surface area contributed by atoms with E-state index in [0.717, 1.165) is 17.6 Å². The molecule has 1 aliphatic heterocycles. The number of carbonyl (C=O) groups is 1. The predicted octanol–water partition coefficient (Wildman–Crippen LogP) is 3.01. The highest BCUT2D eigenvalue weighted by Gasteiger charge is 2.42. The Hall–Kier alpha value is -1.71. The van der Waals surface area contributed by atoms with Gasteiger partial charge in [0.05, 0.1) is 0 Å². The van der Waals surface area contributed by atoms with Gasteiger partial charge in [0.15, 0.2) is 11.5 Å². The van der Waals surface area contributed by atoms with E-state index in [1.165, 1.54) is 25.7 Å². The predicted molar refractivity (Wildman–Crippen MR) is 83.3 cm³/mol. The molecule has 118 valence electrons. The summed E-state index contributed by atoms with van der Waals surface area (Å²) >= 11 is 0. The van der Waals surface area contributed by atoms with E-state index in [9.17, 15) is 4.79 Å². The quantitative estimate of drug-likeness (QED) is 0.933. The zero-order chi connectivity index (χ0) is 15.1. The summed E-state index contributed by atoms with van der Waals surface area (Å²) in [7, 11) is 0. The summed E-state index contributed by atoms with van der Waals surface area (Å²) in [6.45, 7) is 3.26. The van der Waals surface area contributed by atoms with E-state index in [4.69, 9.17) is 9.47 Å². The van der Waals surface area contributed by atoms with Crippen molar-refractivity contribution in [3.8, 4) is 11.5 Å². The van der Waals surface area contributed by atoms with Gasteiger partial charge in [-0.3, -0.25) is 4.79 Å². The van der Waals surface area contributed by atoms with Gasteiger partial charge in [-0.1, -0.05) is 6.42 Å². The van der Waals surface area contributed by atoms with Crippen molar-refractivity contribution in [3.63, 3.8) is 0 Å². The van der Waals surface area contributed by atoms with Gasteiger partial charge >= 0.3 is 0 Å². The topological polar surface area (TPSA) is 47.6 Å². The number of fused-ring (bicyclic) bond motifs is 3. The molecular weight excluding hydrogens is 278 g/mol. The molecule has 4 rings (SSSR count). The molecule has 4 heteroatoms. The highest BCUT2D eigenvalue weighted by Crippen LogP contribution is 2.49. The molecule has 3 aliphatic rings. The molecule has 1 aromatic carbocycles. The fraction of sp³-hybridized carbons (Fsp3) is 0.611. The minimum atomic E-state index is -0.00718. The first-order valence-corrected chi connectivity index (χ1v) is 8.41. The largest absolute Gasteiger partial charge is 0.486 e. The molecule has 1 heterocycles. The second kappa shape index (κ2) is 5.49. The first kappa shape index (κ1) is 13.9. The fourth-order valence-corrected chi connectivity index (χ4v) is 4.49. The van der Waals surface area contributed by atoms with Crippen LogP contribution in [-0.4, -0.2) is 25.2 Å². The van der Waals surface area contributed by atoms with E-state index in [1.54, 1.807) is 6.07 Å². The van der Waals surface area contributed by atoms with Gasteiger partial charge in [0.1, 0.15) is 13.2 Å². The van der Waals surface area contributed by atoms with Crippen LogP contribution >= 0.6 is 0 Å². The summed E-state index contributed by atoms with van der Waals surface area (Å²) < 4.78 is 11.1. The molecule has 2 bridgehead atoms. The van der Waals surface area contributed by atoms with Crippen LogP contribution in [0.3, 0.4) is 0 Å². The maximum atomic E-state index is 12.5. The number of carbonyl (C=O) groups excluding carboxylic acids is 1. The average Bonchev–Trinajstić information content (AvgIpc) is 3.17. The van der Waals surface area contributed by atoms with Crippen molar-refractivity contribution in [2.24, 2.45) is 17.8 Å². The zero-order valence-electron chi connectivity index (χ0n) is 13.0. The van der Waals surface area contributed by atoms with Crippen molar-refractivity contribution >= 4 is 5.91 Å². The molecule has 0 saturated heterocycles. The summed E-state index contributed by atoms with van der Waals surface area (Å²) in [4.78, 5) is 12.5. The van der Waals surface area contributed by atoms with Crippen LogP contribution in [0.25, 0.3) is 0 Å². The lowest BCUT2D eigenvalue weighted by Gasteiger charge is -2.28. The van der Waals surface area contributed by atoms with Crippen LogP contribution in [0.15, 0.2) is 18.2 Å². The van der Waals surface area contributed by atoms with Crippen LogP contribution in [0.5, 0.6) is 11.5 Å². The highest BCUT2D eigenvalue weighted by atomic mass is 16.6. The fourth-order valence-electron chi connectivity index (χ4n) is 4.49. The van der Waals surface area contributed by atoms with Gasteiger partial charge in [0, 0.05) is 11.6 Å². The van der Waals surface area contributed by atoms with E-state index >= 15 is 0 Å². The molecule has 1 aromatic rings. The van der Waals surface area contributed by atoms with Gasteiger partial charge < -0.3 is 14.8 Å². The molecule has 4 nitrogen and oxygen atoms in total. The van der Waals surface area contributed by atoms with Crippen LogP contribution in [0.2, 0.25) is 0 Å². The lowest BCUT2D eigenvalue weighted by Crippen LogP contribution is -2.40. The maximum absolute atomic E-state index is 12.5. The summed E-state index contributed by atoms with van der Waals surface area (Å²) in [6.07, 6.45) is 5.39. The van der Waals surface area contributed by atoms with Crippen molar-refractivity contribution in [2.45, 2.75) is 38.6 Å². The van der Waals surface area contributed by atoms with Gasteiger partial charge in [0.25, 0.3) is 5.91 Å². The third-order valence-corrected chi connectivity index (χ3v) is 5.60. The van der Waals surface area contributed by atoms with Crippen molar-refractivity contribution in [1.29, 1.82) is 0 Å². The molecule has 1 amide bonds. The molecular formula is C18H23NO3. The van der Waals surface area contributed by atoms with Crippen molar-refractivity contribution in [2.75, 3.05) is 13.2 Å². The molecule has 0 unspecified atom stereocenters. The average molecular weight is 301 g/mol. The van der Waals surface area contributed by atoms with Gasteiger partial charge in [0.2, 0.25) is 0 Å². The Morgan fingerprint density at radius 1 is 1.18 bits per heavy atom. The second-order valence-corrected chi connectivity index (χ2v) is 6.96. The monoisotopic (exact) mass is 301 g/mol. The maximum Gasteiger partial charge on any atom is 0.251 e. The molecule has 22 heavy (non-hydrogen) atoms. The zero-order valence-corrected chi connectivity index (χ0v) is 13.0. The summed E-state index contributed by atoms with van der Waals surface area (Å²) in [6, 6.07) is 5.68. The van der Waals surface area contributed by atoms with Crippen LogP contribution in [0, 0.1) is 17.8 Å². The van der Waals surface area contributed by atoms with Gasteiger partial charge in [-0.25, -0.2) is 0 Å². The van der Waals surface area contributed by atoms with Crippen LogP contribution < -0.4 is 14.8 Å². The summed E-state index contributed by atoms with van der Waals surface area (Å²) in [5.74, 6) is 3.77. The first-order valence-electron chi connectivity index (χ1n) is 8.41. The summed E-state index contributed by atoms with van der Waals surface area (Å²) in [5, 5.41) is 3.19. The van der Waals surface area contributed by atoms with Crippen LogP contribution in [-0.2, 0) is 0 Å². The third-order valence-electron chi connectivity index (χ3n) is 5.60. The van der Waals surface area contributed by atoms with E-state index in [1.807, 2.05) is 12.1 Å². The minimum absolute atomic E-state index is 0.00718. The molecule has 0 spiro atoms. The Bertz CT molecular complexity index is 586. The standard InChI is InChI=1S/C18H23NO3/c1-11(15-9-12-2-3-13(15)8-12)19-18(20)14-4-5-16-17(10-14)22-7-6-21-16/h4-5,10-13,15H,2-3,6-9H2,1H3,(H,19,20)/t11-,12+,13+,15-/m1/s1. The van der Waals surface area contributed by atoms with Gasteiger partial charge in [-0.2, -0.15) is 0 Å². The van der Waals surface area contributed by atoms with Crippen LogP contribution in [0.4, 0.5) is 0 Å². The molecule has 4 atom stereocenters. The third kappa shape index (κ3) is 2.44. The SMILES string of the molecule is C[C@@H](NC(=O)c1ccc2c(c1)OCCO2)[C@H]1C[C@H]2CC[C@H]1C2. The van der Waals surface area contributed by atoms with E-state index in [0.29, 0.717) is 30.4 Å². The molecule has 0 radical (unpaired) electrons. The molecule has 0 aromatic heterocycles. The van der Waals surface area contributed by atoms with Gasteiger partial charge in [-0.15, -0.1) is 0 Å². The second-order valence-electron chi connectivity index (χ2n) is 6.96. The van der Waals surface area contributed by atoms with Gasteiger partial charge in [-0.05, 0) is 62.1 Å². The number of hydrogen-bond acceptors (Lipinski definition) is 3. The summed E-state index contributed by atoms with van der Waals surface area (Å²) in [5.41, 5.74) is 0.652. The molecule has 2 aliphatic carbocycles. The number of amides is 1. The van der Waals surface area contributed by atoms with Crippen molar-refractivity contribution in [3.05, 3.63) is 23.8 Å². The van der Waals surface area contributed by atoms with E-state index < -0.39 is 0 Å². The Labute approximate surface area is 131 Å². The number of rotatable bonds is 3. The number of benzene rings is 1. The Balaban J connectivity index is 1.43. The normalized spacial score (nSPS) is 30.1. The highest BCUT2D eigenvalue weighted by molar-refractivity contribution is 5.95. The Kier molecular flexibility index (Phi) is 3.47. The minimum Gasteiger partial charge on any atom is -0.486 e. The number of ether oxygens (including phenoxy) is 2.